The van der Waals surface area contributed by atoms with Crippen molar-refractivity contribution in [2.75, 3.05) is 26.2 Å². The van der Waals surface area contributed by atoms with Gasteiger partial charge < -0.3 is 15.8 Å². The molecule has 2 rings (SSSR count). The van der Waals surface area contributed by atoms with E-state index in [9.17, 15) is 0 Å². The van der Waals surface area contributed by atoms with Gasteiger partial charge in [-0.25, -0.2) is 0 Å². The molecule has 0 aromatic carbocycles. The van der Waals surface area contributed by atoms with Crippen molar-refractivity contribution in [3.63, 3.8) is 0 Å². The fraction of sp³-hybridized carbons (Fsp3) is 1.00. The van der Waals surface area contributed by atoms with Gasteiger partial charge in [0.05, 0.1) is 6.10 Å². The molecule has 0 bridgehead atoms. The normalized spacial score (nSPS) is 37.0. The third-order valence-corrected chi connectivity index (χ3v) is 4.93. The van der Waals surface area contributed by atoms with Crippen molar-refractivity contribution < 1.29 is 4.74 Å². The maximum atomic E-state index is 5.88. The first-order valence-electron chi connectivity index (χ1n) is 7.87. The number of nitrogens with two attached hydrogens (primary N) is 1. The topological polar surface area (TPSA) is 47.3 Å². The minimum atomic E-state index is 0.495. The second kappa shape index (κ2) is 7.46. The van der Waals surface area contributed by atoms with E-state index in [1.54, 1.807) is 0 Å². The Morgan fingerprint density at radius 2 is 1.78 bits per heavy atom. The zero-order valence-corrected chi connectivity index (χ0v) is 11.9. The standard InChI is InChI=1S/C15H30N2O/c1-2-15-14(7-8-18-15)11-17-10-13-6-4-3-5-12(13)9-16/h12-15,17H,2-11,16H2,1H3. The molecule has 0 spiro atoms. The van der Waals surface area contributed by atoms with Gasteiger partial charge in [-0.2, -0.15) is 0 Å². The van der Waals surface area contributed by atoms with E-state index in [1.165, 1.54) is 32.1 Å². The third kappa shape index (κ3) is 3.69. The Morgan fingerprint density at radius 1 is 1.06 bits per heavy atom. The molecule has 1 heterocycles. The molecule has 4 atom stereocenters. The van der Waals surface area contributed by atoms with Crippen molar-refractivity contribution in [2.24, 2.45) is 23.5 Å². The highest BCUT2D eigenvalue weighted by Gasteiger charge is 2.27. The van der Waals surface area contributed by atoms with Gasteiger partial charge in [0.1, 0.15) is 0 Å². The molecule has 0 radical (unpaired) electrons. The van der Waals surface area contributed by atoms with E-state index in [1.807, 2.05) is 0 Å². The predicted octanol–water partition coefficient (Wildman–Crippen LogP) is 2.16. The molecule has 18 heavy (non-hydrogen) atoms. The quantitative estimate of drug-likeness (QED) is 0.763. The fourth-order valence-electron chi connectivity index (χ4n) is 3.70. The molecule has 3 N–H and O–H groups in total. The van der Waals surface area contributed by atoms with Crippen LogP contribution in [0.4, 0.5) is 0 Å². The molecule has 2 fully saturated rings. The average Bonchev–Trinajstić information content (AvgIpc) is 2.87. The van der Waals surface area contributed by atoms with Crippen molar-refractivity contribution in [1.29, 1.82) is 0 Å². The lowest BCUT2D eigenvalue weighted by Gasteiger charge is -2.31. The number of ether oxygens (including phenoxy) is 1. The summed E-state index contributed by atoms with van der Waals surface area (Å²) in [6.45, 7) is 6.35. The van der Waals surface area contributed by atoms with Gasteiger partial charge in [-0.1, -0.05) is 19.8 Å². The van der Waals surface area contributed by atoms with Crippen LogP contribution in [0.25, 0.3) is 0 Å². The van der Waals surface area contributed by atoms with Crippen LogP contribution in [-0.4, -0.2) is 32.3 Å². The van der Waals surface area contributed by atoms with Gasteiger partial charge in [0.15, 0.2) is 0 Å². The van der Waals surface area contributed by atoms with E-state index in [0.717, 1.165) is 50.4 Å². The Labute approximate surface area is 112 Å². The van der Waals surface area contributed by atoms with Gasteiger partial charge >= 0.3 is 0 Å². The summed E-state index contributed by atoms with van der Waals surface area (Å²) in [5.41, 5.74) is 5.88. The molecule has 4 unspecified atom stereocenters. The van der Waals surface area contributed by atoms with Crippen LogP contribution in [0.1, 0.15) is 45.4 Å². The van der Waals surface area contributed by atoms with Crippen LogP contribution in [0.15, 0.2) is 0 Å². The van der Waals surface area contributed by atoms with E-state index >= 15 is 0 Å². The molecule has 3 nitrogen and oxygen atoms in total. The number of hydrogen-bond acceptors (Lipinski definition) is 3. The molecule has 0 amide bonds. The molecular formula is C15H30N2O. The smallest absolute Gasteiger partial charge is 0.0613 e. The van der Waals surface area contributed by atoms with Crippen LogP contribution in [-0.2, 0) is 4.74 Å². The predicted molar refractivity (Wildman–Crippen MR) is 75.5 cm³/mol. The number of nitrogens with one attached hydrogen (secondary N) is 1. The molecule has 0 aromatic rings. The maximum absolute atomic E-state index is 5.88. The van der Waals surface area contributed by atoms with E-state index < -0.39 is 0 Å². The summed E-state index contributed by atoms with van der Waals surface area (Å²) in [6, 6.07) is 0. The summed E-state index contributed by atoms with van der Waals surface area (Å²) in [5, 5.41) is 3.69. The second-order valence-corrected chi connectivity index (χ2v) is 6.06. The first kappa shape index (κ1) is 14.3. The highest BCUT2D eigenvalue weighted by Crippen LogP contribution is 2.29. The van der Waals surface area contributed by atoms with Crippen LogP contribution >= 0.6 is 0 Å². The molecule has 1 saturated heterocycles. The van der Waals surface area contributed by atoms with Crippen molar-refractivity contribution >= 4 is 0 Å². The molecule has 3 heteroatoms. The Bertz CT molecular complexity index is 235. The summed E-state index contributed by atoms with van der Waals surface area (Å²) in [4.78, 5) is 0. The molecular weight excluding hydrogens is 224 g/mol. The van der Waals surface area contributed by atoms with Gasteiger partial charge in [-0.3, -0.25) is 0 Å². The zero-order chi connectivity index (χ0) is 12.8. The number of rotatable bonds is 6. The minimum Gasteiger partial charge on any atom is -0.378 e. The van der Waals surface area contributed by atoms with Gasteiger partial charge in [0.2, 0.25) is 0 Å². The minimum absolute atomic E-state index is 0.495. The van der Waals surface area contributed by atoms with Crippen LogP contribution in [0.5, 0.6) is 0 Å². The first-order valence-corrected chi connectivity index (χ1v) is 7.87. The van der Waals surface area contributed by atoms with Crippen LogP contribution in [0.3, 0.4) is 0 Å². The largest absolute Gasteiger partial charge is 0.378 e. The van der Waals surface area contributed by atoms with Crippen molar-refractivity contribution in [1.82, 2.24) is 5.32 Å². The lowest BCUT2D eigenvalue weighted by molar-refractivity contribution is 0.0866. The molecule has 0 aromatic heterocycles. The number of hydrogen-bond donors (Lipinski definition) is 2. The van der Waals surface area contributed by atoms with E-state index in [2.05, 4.69) is 12.2 Å². The maximum Gasteiger partial charge on any atom is 0.0613 e. The monoisotopic (exact) mass is 254 g/mol. The Hall–Kier alpha value is -0.120. The summed E-state index contributed by atoms with van der Waals surface area (Å²) in [7, 11) is 0. The molecule has 1 aliphatic heterocycles. The first-order chi connectivity index (χ1) is 8.85. The Kier molecular flexibility index (Phi) is 5.93. The van der Waals surface area contributed by atoms with Crippen molar-refractivity contribution in [2.45, 2.75) is 51.6 Å². The van der Waals surface area contributed by atoms with E-state index in [0.29, 0.717) is 6.10 Å². The average molecular weight is 254 g/mol. The van der Waals surface area contributed by atoms with Crippen LogP contribution in [0.2, 0.25) is 0 Å². The van der Waals surface area contributed by atoms with Gasteiger partial charge in [0, 0.05) is 13.2 Å². The summed E-state index contributed by atoms with van der Waals surface area (Å²) in [5.74, 6) is 2.30. The highest BCUT2D eigenvalue weighted by molar-refractivity contribution is 4.80. The van der Waals surface area contributed by atoms with Gasteiger partial charge in [0.25, 0.3) is 0 Å². The van der Waals surface area contributed by atoms with Crippen molar-refractivity contribution in [3.8, 4) is 0 Å². The van der Waals surface area contributed by atoms with Crippen LogP contribution in [0, 0.1) is 17.8 Å². The molecule has 1 aliphatic carbocycles. The highest BCUT2D eigenvalue weighted by atomic mass is 16.5. The summed E-state index contributed by atoms with van der Waals surface area (Å²) >= 11 is 0. The van der Waals surface area contributed by atoms with Crippen molar-refractivity contribution in [3.05, 3.63) is 0 Å². The molecule has 1 saturated carbocycles. The SMILES string of the molecule is CCC1OCCC1CNCC1CCCCC1CN. The molecule has 106 valence electrons. The third-order valence-electron chi connectivity index (χ3n) is 4.93. The second-order valence-electron chi connectivity index (χ2n) is 6.06. The fourth-order valence-corrected chi connectivity index (χ4v) is 3.70. The lowest BCUT2D eigenvalue weighted by Crippen LogP contribution is -2.37. The van der Waals surface area contributed by atoms with E-state index in [4.69, 9.17) is 10.5 Å². The van der Waals surface area contributed by atoms with Gasteiger partial charge in [-0.05, 0) is 56.5 Å². The van der Waals surface area contributed by atoms with Crippen LogP contribution < -0.4 is 11.1 Å². The Morgan fingerprint density at radius 3 is 2.50 bits per heavy atom. The zero-order valence-electron chi connectivity index (χ0n) is 11.9. The summed E-state index contributed by atoms with van der Waals surface area (Å²) in [6.07, 6.45) is 8.37. The van der Waals surface area contributed by atoms with E-state index in [-0.39, 0.29) is 0 Å². The summed E-state index contributed by atoms with van der Waals surface area (Å²) < 4.78 is 5.74. The molecule has 2 aliphatic rings. The Balaban J connectivity index is 1.67. The lowest BCUT2D eigenvalue weighted by atomic mass is 9.79. The van der Waals surface area contributed by atoms with Gasteiger partial charge in [-0.15, -0.1) is 0 Å².